The van der Waals surface area contributed by atoms with Crippen molar-refractivity contribution in [1.29, 1.82) is 0 Å². The SMILES string of the molecule is C=CCSc1ccccc1NC(=O)Cn1cnc2ccc(Br)cc2c1=O. The van der Waals surface area contributed by atoms with Crippen LogP contribution in [0.25, 0.3) is 10.9 Å². The molecule has 2 aromatic carbocycles. The Morgan fingerprint density at radius 3 is 2.92 bits per heavy atom. The number of nitrogens with zero attached hydrogens (tertiary/aromatic N) is 2. The molecule has 0 atom stereocenters. The molecule has 132 valence electrons. The maximum Gasteiger partial charge on any atom is 0.261 e. The van der Waals surface area contributed by atoms with E-state index in [0.29, 0.717) is 16.6 Å². The number of fused-ring (bicyclic) bond motifs is 1. The monoisotopic (exact) mass is 429 g/mol. The fourth-order valence-electron chi connectivity index (χ4n) is 2.43. The van der Waals surface area contributed by atoms with Crippen molar-refractivity contribution < 1.29 is 4.79 Å². The molecule has 26 heavy (non-hydrogen) atoms. The number of aromatic nitrogens is 2. The smallest absolute Gasteiger partial charge is 0.261 e. The number of benzene rings is 2. The molecule has 0 aliphatic heterocycles. The average Bonchev–Trinajstić information content (AvgIpc) is 2.64. The number of hydrogen-bond acceptors (Lipinski definition) is 4. The summed E-state index contributed by atoms with van der Waals surface area (Å²) in [6.07, 6.45) is 3.21. The van der Waals surface area contributed by atoms with Gasteiger partial charge in [-0.3, -0.25) is 14.2 Å². The second-order valence-electron chi connectivity index (χ2n) is 5.48. The Morgan fingerprint density at radius 1 is 1.31 bits per heavy atom. The lowest BCUT2D eigenvalue weighted by Gasteiger charge is -2.11. The van der Waals surface area contributed by atoms with Gasteiger partial charge < -0.3 is 5.32 Å². The third kappa shape index (κ3) is 4.23. The van der Waals surface area contributed by atoms with Gasteiger partial charge in [0.2, 0.25) is 5.91 Å². The van der Waals surface area contributed by atoms with Crippen molar-refractivity contribution in [2.75, 3.05) is 11.1 Å². The fraction of sp³-hybridized carbons (Fsp3) is 0.105. The van der Waals surface area contributed by atoms with Crippen molar-refractivity contribution in [1.82, 2.24) is 9.55 Å². The summed E-state index contributed by atoms with van der Waals surface area (Å²) < 4.78 is 2.10. The Bertz CT molecular complexity index is 1030. The van der Waals surface area contributed by atoms with E-state index in [4.69, 9.17) is 0 Å². The average molecular weight is 430 g/mol. The summed E-state index contributed by atoms with van der Waals surface area (Å²) in [7, 11) is 0. The highest BCUT2D eigenvalue weighted by atomic mass is 79.9. The molecule has 3 aromatic rings. The zero-order chi connectivity index (χ0) is 18.5. The molecule has 0 saturated heterocycles. The minimum Gasteiger partial charge on any atom is -0.324 e. The second kappa shape index (κ2) is 8.33. The van der Waals surface area contributed by atoms with E-state index in [1.807, 2.05) is 36.4 Å². The van der Waals surface area contributed by atoms with Crippen LogP contribution in [0.2, 0.25) is 0 Å². The van der Waals surface area contributed by atoms with Gasteiger partial charge in [-0.2, -0.15) is 0 Å². The summed E-state index contributed by atoms with van der Waals surface area (Å²) in [5, 5.41) is 3.33. The maximum atomic E-state index is 12.6. The van der Waals surface area contributed by atoms with Crippen LogP contribution >= 0.6 is 27.7 Å². The van der Waals surface area contributed by atoms with Gasteiger partial charge in [-0.25, -0.2) is 4.98 Å². The van der Waals surface area contributed by atoms with Crippen LogP contribution in [0.3, 0.4) is 0 Å². The summed E-state index contributed by atoms with van der Waals surface area (Å²) in [6, 6.07) is 12.8. The van der Waals surface area contributed by atoms with Gasteiger partial charge in [-0.15, -0.1) is 18.3 Å². The van der Waals surface area contributed by atoms with Crippen molar-refractivity contribution in [2.24, 2.45) is 0 Å². The molecule has 0 bridgehead atoms. The van der Waals surface area contributed by atoms with Crippen LogP contribution in [0, 0.1) is 0 Å². The largest absolute Gasteiger partial charge is 0.324 e. The standard InChI is InChI=1S/C19H16BrN3O2S/c1-2-9-26-17-6-4-3-5-16(17)22-18(24)11-23-12-21-15-8-7-13(20)10-14(15)19(23)25/h2-8,10,12H,1,9,11H2,(H,22,24). The summed E-state index contributed by atoms with van der Waals surface area (Å²) >= 11 is 4.93. The van der Waals surface area contributed by atoms with Gasteiger partial charge in [0.1, 0.15) is 6.54 Å². The quantitative estimate of drug-likeness (QED) is 0.473. The topological polar surface area (TPSA) is 64.0 Å². The molecule has 0 spiro atoms. The Kier molecular flexibility index (Phi) is 5.90. The molecule has 1 N–H and O–H groups in total. The highest BCUT2D eigenvalue weighted by Gasteiger charge is 2.10. The number of thioether (sulfide) groups is 1. The zero-order valence-corrected chi connectivity index (χ0v) is 16.2. The van der Waals surface area contributed by atoms with Crippen molar-refractivity contribution in [3.05, 3.63) is 76.3 Å². The lowest BCUT2D eigenvalue weighted by atomic mass is 10.2. The van der Waals surface area contributed by atoms with E-state index in [1.54, 1.807) is 23.9 Å². The van der Waals surface area contributed by atoms with E-state index < -0.39 is 0 Å². The Labute approximate surface area is 163 Å². The summed E-state index contributed by atoms with van der Waals surface area (Å²) in [6.45, 7) is 3.60. The number of para-hydroxylation sites is 1. The van der Waals surface area contributed by atoms with Crippen LogP contribution in [0.5, 0.6) is 0 Å². The minimum atomic E-state index is -0.283. The number of carbonyl (C=O) groups excluding carboxylic acids is 1. The summed E-state index contributed by atoms with van der Waals surface area (Å²) in [5.41, 5.74) is 1.07. The van der Waals surface area contributed by atoms with Crippen molar-refractivity contribution in [3.8, 4) is 0 Å². The predicted molar refractivity (Wildman–Crippen MR) is 110 cm³/mol. The van der Waals surface area contributed by atoms with E-state index in [0.717, 1.165) is 15.1 Å². The zero-order valence-electron chi connectivity index (χ0n) is 13.8. The van der Waals surface area contributed by atoms with Gasteiger partial charge in [0.25, 0.3) is 5.56 Å². The highest BCUT2D eigenvalue weighted by Crippen LogP contribution is 2.26. The van der Waals surface area contributed by atoms with Gasteiger partial charge in [0, 0.05) is 15.1 Å². The third-order valence-corrected chi connectivity index (χ3v) is 5.18. The molecule has 1 heterocycles. The van der Waals surface area contributed by atoms with Crippen LogP contribution in [-0.4, -0.2) is 21.2 Å². The number of halogens is 1. The van der Waals surface area contributed by atoms with Crippen LogP contribution in [0.1, 0.15) is 0 Å². The molecule has 1 aromatic heterocycles. The Balaban J connectivity index is 1.81. The molecular formula is C19H16BrN3O2S. The molecule has 3 rings (SSSR count). The highest BCUT2D eigenvalue weighted by molar-refractivity contribution is 9.10. The van der Waals surface area contributed by atoms with Crippen LogP contribution in [0.4, 0.5) is 5.69 Å². The first kappa shape index (κ1) is 18.4. The number of nitrogens with one attached hydrogen (secondary N) is 1. The predicted octanol–water partition coefficient (Wildman–Crippen LogP) is 4.08. The van der Waals surface area contributed by atoms with Crippen LogP contribution in [0.15, 0.2) is 75.6 Å². The van der Waals surface area contributed by atoms with Gasteiger partial charge in [-0.05, 0) is 30.3 Å². The van der Waals surface area contributed by atoms with Crippen molar-refractivity contribution in [2.45, 2.75) is 11.4 Å². The number of carbonyl (C=O) groups is 1. The van der Waals surface area contributed by atoms with Gasteiger partial charge >= 0.3 is 0 Å². The van der Waals surface area contributed by atoms with E-state index in [1.165, 1.54) is 10.9 Å². The van der Waals surface area contributed by atoms with E-state index in [-0.39, 0.29) is 18.0 Å². The maximum absolute atomic E-state index is 12.6. The molecule has 7 heteroatoms. The fourth-order valence-corrected chi connectivity index (χ4v) is 3.54. The Morgan fingerprint density at radius 2 is 2.12 bits per heavy atom. The van der Waals surface area contributed by atoms with Crippen molar-refractivity contribution in [3.63, 3.8) is 0 Å². The first-order valence-electron chi connectivity index (χ1n) is 7.86. The molecule has 1 amide bonds. The lowest BCUT2D eigenvalue weighted by molar-refractivity contribution is -0.116. The first-order valence-corrected chi connectivity index (χ1v) is 9.63. The molecule has 0 saturated carbocycles. The molecule has 0 radical (unpaired) electrons. The van der Waals surface area contributed by atoms with E-state index in [2.05, 4.69) is 32.8 Å². The van der Waals surface area contributed by atoms with Gasteiger partial charge in [0.15, 0.2) is 0 Å². The second-order valence-corrected chi connectivity index (χ2v) is 7.46. The molecule has 0 aliphatic rings. The molecule has 0 aliphatic carbocycles. The lowest BCUT2D eigenvalue weighted by Crippen LogP contribution is -2.28. The van der Waals surface area contributed by atoms with Gasteiger partial charge in [-0.1, -0.05) is 34.1 Å². The molecule has 0 unspecified atom stereocenters. The normalized spacial score (nSPS) is 10.7. The summed E-state index contributed by atoms with van der Waals surface area (Å²) in [4.78, 5) is 30.2. The van der Waals surface area contributed by atoms with Crippen LogP contribution < -0.4 is 10.9 Å². The molecule has 5 nitrogen and oxygen atoms in total. The Hall–Kier alpha value is -2.38. The number of hydrogen-bond donors (Lipinski definition) is 1. The number of rotatable bonds is 6. The first-order chi connectivity index (χ1) is 12.6. The minimum absolute atomic E-state index is 0.102. The summed E-state index contributed by atoms with van der Waals surface area (Å²) in [5.74, 6) is 0.463. The molecule has 0 fully saturated rings. The third-order valence-electron chi connectivity index (χ3n) is 3.62. The van der Waals surface area contributed by atoms with Gasteiger partial charge in [0.05, 0.1) is 22.9 Å². The van der Waals surface area contributed by atoms with E-state index in [9.17, 15) is 9.59 Å². The molecular weight excluding hydrogens is 414 g/mol. The van der Waals surface area contributed by atoms with Crippen LogP contribution in [-0.2, 0) is 11.3 Å². The number of amides is 1. The van der Waals surface area contributed by atoms with Crippen molar-refractivity contribution >= 4 is 50.2 Å². The number of anilines is 1. The van der Waals surface area contributed by atoms with E-state index >= 15 is 0 Å².